The van der Waals surface area contributed by atoms with Gasteiger partial charge in [0.1, 0.15) is 5.78 Å². The number of carbonyl (C=O) groups is 2. The molecule has 0 aromatic heterocycles. The molecule has 0 radical (unpaired) electrons. The average Bonchev–Trinajstić information content (AvgIpc) is 2.93. The van der Waals surface area contributed by atoms with Gasteiger partial charge in [0.05, 0.1) is 6.61 Å². The second-order valence-corrected chi connectivity index (χ2v) is 11.5. The fraction of sp³-hybridized carbons (Fsp3) is 0.833. The van der Waals surface area contributed by atoms with Crippen LogP contribution in [0.25, 0.3) is 0 Å². The molecule has 0 N–H and O–H groups in total. The first-order chi connectivity index (χ1) is 19.2. The molecule has 3 heteroatoms. The highest BCUT2D eigenvalue weighted by atomic mass is 16.5. The summed E-state index contributed by atoms with van der Waals surface area (Å²) in [5.41, 5.74) is 0. The third kappa shape index (κ3) is 32.7. The minimum Gasteiger partial charge on any atom is -0.466 e. The van der Waals surface area contributed by atoms with Crippen LogP contribution in [0.4, 0.5) is 0 Å². The molecule has 0 fully saturated rings. The molecular weight excluding hydrogens is 480 g/mol. The minimum atomic E-state index is -0.0216. The highest BCUT2D eigenvalue weighted by Gasteiger charge is 2.03. The number of Topliss-reactive ketones (excluding diaryl/α,β-unsaturated/α-hetero) is 1. The lowest BCUT2D eigenvalue weighted by molar-refractivity contribution is -0.143. The summed E-state index contributed by atoms with van der Waals surface area (Å²) in [4.78, 5) is 23.7. The van der Waals surface area contributed by atoms with Crippen LogP contribution in [0.3, 0.4) is 0 Å². The van der Waals surface area contributed by atoms with Gasteiger partial charge in [0, 0.05) is 19.3 Å². The summed E-state index contributed by atoms with van der Waals surface area (Å²) in [6.07, 6.45) is 40.4. The number of hydrogen-bond donors (Lipinski definition) is 0. The van der Waals surface area contributed by atoms with Crippen molar-refractivity contribution in [3.8, 4) is 0 Å². The second kappa shape index (κ2) is 32.8. The first-order valence-corrected chi connectivity index (χ1v) is 17.2. The lowest BCUT2D eigenvalue weighted by Crippen LogP contribution is -2.05. The predicted octanol–water partition coefficient (Wildman–Crippen LogP) is 11.8. The molecule has 0 aromatic carbocycles. The highest BCUT2D eigenvalue weighted by Crippen LogP contribution is 2.14. The molecule has 0 saturated carbocycles. The number of ketones is 1. The van der Waals surface area contributed by atoms with Gasteiger partial charge in [-0.3, -0.25) is 9.59 Å². The van der Waals surface area contributed by atoms with Crippen LogP contribution < -0.4 is 0 Å². The predicted molar refractivity (Wildman–Crippen MR) is 170 cm³/mol. The molecule has 39 heavy (non-hydrogen) atoms. The Bertz CT molecular complexity index is 578. The Morgan fingerprint density at radius 1 is 0.462 bits per heavy atom. The molecule has 0 heterocycles. The standard InChI is InChI=1S/C36H66O3/c1-3-5-7-8-9-10-11-12-13-14-15-16-18-21-24-27-31-35(37)32-28-25-22-19-17-20-23-26-29-33-36(38)39-34-30-6-4-2/h9-10,12-13H,3-8,11,14-34H2,1-2H3/b10-9-,13-12-. The highest BCUT2D eigenvalue weighted by molar-refractivity contribution is 5.78. The minimum absolute atomic E-state index is 0.0216. The molecule has 0 unspecified atom stereocenters. The molecule has 0 saturated heterocycles. The summed E-state index contributed by atoms with van der Waals surface area (Å²) in [6, 6.07) is 0. The number of allylic oxidation sites excluding steroid dienone is 4. The van der Waals surface area contributed by atoms with Gasteiger partial charge < -0.3 is 4.74 Å². The maximum atomic E-state index is 12.1. The van der Waals surface area contributed by atoms with Crippen molar-refractivity contribution in [1.29, 1.82) is 0 Å². The van der Waals surface area contributed by atoms with Crippen LogP contribution in [-0.2, 0) is 14.3 Å². The Labute approximate surface area is 244 Å². The zero-order chi connectivity index (χ0) is 28.5. The molecule has 0 aliphatic rings. The lowest BCUT2D eigenvalue weighted by Gasteiger charge is -2.05. The van der Waals surface area contributed by atoms with Gasteiger partial charge in [-0.2, -0.15) is 0 Å². The molecule has 0 spiro atoms. The van der Waals surface area contributed by atoms with Crippen LogP contribution in [0.5, 0.6) is 0 Å². The third-order valence-corrected chi connectivity index (χ3v) is 7.50. The van der Waals surface area contributed by atoms with Gasteiger partial charge in [0.2, 0.25) is 0 Å². The Morgan fingerprint density at radius 2 is 0.872 bits per heavy atom. The van der Waals surface area contributed by atoms with Crippen molar-refractivity contribution in [2.75, 3.05) is 6.61 Å². The second-order valence-electron chi connectivity index (χ2n) is 11.5. The van der Waals surface area contributed by atoms with Gasteiger partial charge in [0.25, 0.3) is 0 Å². The summed E-state index contributed by atoms with van der Waals surface area (Å²) in [5.74, 6) is 0.454. The maximum absolute atomic E-state index is 12.1. The topological polar surface area (TPSA) is 43.4 Å². The van der Waals surface area contributed by atoms with Crippen molar-refractivity contribution in [3.05, 3.63) is 24.3 Å². The van der Waals surface area contributed by atoms with E-state index >= 15 is 0 Å². The van der Waals surface area contributed by atoms with Gasteiger partial charge in [-0.05, 0) is 57.8 Å². The summed E-state index contributed by atoms with van der Waals surface area (Å²) in [7, 11) is 0. The normalized spacial score (nSPS) is 11.6. The van der Waals surface area contributed by atoms with Crippen LogP contribution in [-0.4, -0.2) is 18.4 Å². The van der Waals surface area contributed by atoms with Gasteiger partial charge in [-0.1, -0.05) is 134 Å². The summed E-state index contributed by atoms with van der Waals surface area (Å²) in [6.45, 7) is 5.00. The van der Waals surface area contributed by atoms with Crippen molar-refractivity contribution >= 4 is 11.8 Å². The summed E-state index contributed by atoms with van der Waals surface area (Å²) < 4.78 is 5.25. The van der Waals surface area contributed by atoms with Crippen molar-refractivity contribution < 1.29 is 14.3 Å². The zero-order valence-corrected chi connectivity index (χ0v) is 26.3. The van der Waals surface area contributed by atoms with Crippen LogP contribution in [0.1, 0.15) is 187 Å². The van der Waals surface area contributed by atoms with E-state index in [1.807, 2.05) is 0 Å². The van der Waals surface area contributed by atoms with Crippen LogP contribution in [0.15, 0.2) is 24.3 Å². The molecule has 0 bridgehead atoms. The fourth-order valence-electron chi connectivity index (χ4n) is 4.87. The number of carbonyl (C=O) groups excluding carboxylic acids is 2. The Balaban J connectivity index is 3.28. The van der Waals surface area contributed by atoms with Crippen LogP contribution in [0, 0.1) is 0 Å². The SMILES string of the molecule is CCCCC/C=C\C/C=C\CCCCCCCCC(=O)CCCCCCCCCCCC(=O)OCCCCC. The van der Waals surface area contributed by atoms with E-state index in [-0.39, 0.29) is 5.97 Å². The number of rotatable bonds is 31. The van der Waals surface area contributed by atoms with Crippen LogP contribution in [0.2, 0.25) is 0 Å². The monoisotopic (exact) mass is 547 g/mol. The number of unbranched alkanes of at least 4 members (excludes halogenated alkanes) is 19. The van der Waals surface area contributed by atoms with Gasteiger partial charge in [-0.25, -0.2) is 0 Å². The van der Waals surface area contributed by atoms with Crippen molar-refractivity contribution in [2.45, 2.75) is 187 Å². The average molecular weight is 547 g/mol. The van der Waals surface area contributed by atoms with Gasteiger partial charge >= 0.3 is 5.97 Å². The summed E-state index contributed by atoms with van der Waals surface area (Å²) >= 11 is 0. The van der Waals surface area contributed by atoms with E-state index < -0.39 is 0 Å². The molecule has 0 aromatic rings. The maximum Gasteiger partial charge on any atom is 0.305 e. The molecule has 0 atom stereocenters. The van der Waals surface area contributed by atoms with E-state index in [1.54, 1.807) is 0 Å². The number of ether oxygens (including phenoxy) is 1. The van der Waals surface area contributed by atoms with Crippen molar-refractivity contribution in [1.82, 2.24) is 0 Å². The molecule has 0 aliphatic heterocycles. The van der Waals surface area contributed by atoms with E-state index in [0.717, 1.165) is 64.2 Å². The Kier molecular flexibility index (Phi) is 31.7. The summed E-state index contributed by atoms with van der Waals surface area (Å²) in [5, 5.41) is 0. The fourth-order valence-corrected chi connectivity index (χ4v) is 4.87. The largest absolute Gasteiger partial charge is 0.466 e. The van der Waals surface area contributed by atoms with E-state index in [2.05, 4.69) is 38.2 Å². The smallest absolute Gasteiger partial charge is 0.305 e. The Hall–Kier alpha value is -1.38. The molecule has 0 rings (SSSR count). The van der Waals surface area contributed by atoms with Crippen LogP contribution >= 0.6 is 0 Å². The molecule has 0 amide bonds. The molecule has 228 valence electrons. The van der Waals surface area contributed by atoms with E-state index in [4.69, 9.17) is 4.74 Å². The van der Waals surface area contributed by atoms with Gasteiger partial charge in [0.15, 0.2) is 0 Å². The van der Waals surface area contributed by atoms with Crippen molar-refractivity contribution in [3.63, 3.8) is 0 Å². The number of esters is 1. The van der Waals surface area contributed by atoms with E-state index in [9.17, 15) is 9.59 Å². The zero-order valence-electron chi connectivity index (χ0n) is 26.3. The Morgan fingerprint density at radius 3 is 1.38 bits per heavy atom. The first kappa shape index (κ1) is 37.6. The first-order valence-electron chi connectivity index (χ1n) is 17.2. The third-order valence-electron chi connectivity index (χ3n) is 7.50. The number of hydrogen-bond acceptors (Lipinski definition) is 3. The lowest BCUT2D eigenvalue weighted by atomic mass is 10.0. The quantitative estimate of drug-likeness (QED) is 0.0493. The van der Waals surface area contributed by atoms with Gasteiger partial charge in [-0.15, -0.1) is 0 Å². The molecule has 0 aliphatic carbocycles. The van der Waals surface area contributed by atoms with Crippen molar-refractivity contribution in [2.24, 2.45) is 0 Å². The molecular formula is C36H66O3. The van der Waals surface area contributed by atoms with E-state index in [0.29, 0.717) is 18.8 Å². The molecule has 3 nitrogen and oxygen atoms in total. The van der Waals surface area contributed by atoms with E-state index in [1.165, 1.54) is 103 Å².